The quantitative estimate of drug-likeness (QED) is 0.578. The summed E-state index contributed by atoms with van der Waals surface area (Å²) in [6.07, 6.45) is 0. The van der Waals surface area contributed by atoms with E-state index in [1.54, 1.807) is 0 Å². The third-order valence-corrected chi connectivity index (χ3v) is 5.62. The number of nitrogens with zero attached hydrogens (tertiary/aromatic N) is 5. The molecule has 0 unspecified atom stereocenters. The molecular weight excluding hydrogens is 382 g/mol. The van der Waals surface area contributed by atoms with Crippen LogP contribution in [0.2, 0.25) is 0 Å². The minimum absolute atomic E-state index is 0.679. The molecule has 0 aliphatic carbocycles. The maximum absolute atomic E-state index is 5.80. The Morgan fingerprint density at radius 3 is 2.38 bits per heavy atom. The number of hydrogen-bond acceptors (Lipinski definition) is 5. The van der Waals surface area contributed by atoms with E-state index in [1.807, 2.05) is 53.4 Å². The monoisotopic (exact) mass is 409 g/mol. The maximum Gasteiger partial charge on any atom is 0.203 e. The van der Waals surface area contributed by atoms with Gasteiger partial charge in [-0.3, -0.25) is 9.47 Å². The molecule has 0 amide bonds. The molecule has 6 nitrogen and oxygen atoms in total. The second-order valence-corrected chi connectivity index (χ2v) is 7.51. The zero-order valence-electron chi connectivity index (χ0n) is 17.0. The Kier molecular flexibility index (Phi) is 5.97. The number of aryl methyl sites for hydroxylation is 1. The highest BCUT2D eigenvalue weighted by atomic mass is 32.1. The smallest absolute Gasteiger partial charge is 0.203 e. The molecule has 0 N–H and O–H groups in total. The highest BCUT2D eigenvalue weighted by molar-refractivity contribution is 7.71. The largest absolute Gasteiger partial charge is 0.492 e. The minimum atomic E-state index is 0.679. The van der Waals surface area contributed by atoms with Crippen LogP contribution in [0.4, 0.5) is 5.69 Å². The zero-order valence-corrected chi connectivity index (χ0v) is 17.8. The van der Waals surface area contributed by atoms with E-state index in [9.17, 15) is 0 Å². The van der Waals surface area contributed by atoms with Crippen LogP contribution in [0, 0.1) is 11.7 Å². The lowest BCUT2D eigenvalue weighted by atomic mass is 10.2. The topological polar surface area (TPSA) is 38.5 Å². The van der Waals surface area contributed by atoms with Crippen LogP contribution in [0.15, 0.2) is 54.6 Å². The Bertz CT molecular complexity index is 1010. The van der Waals surface area contributed by atoms with Crippen molar-refractivity contribution in [3.63, 3.8) is 0 Å². The lowest BCUT2D eigenvalue weighted by molar-refractivity contribution is 0.193. The van der Waals surface area contributed by atoms with Crippen molar-refractivity contribution in [1.82, 2.24) is 19.2 Å². The first-order chi connectivity index (χ1) is 14.2. The van der Waals surface area contributed by atoms with Gasteiger partial charge in [-0.05, 0) is 50.3 Å². The van der Waals surface area contributed by atoms with Crippen LogP contribution in [0.3, 0.4) is 0 Å². The van der Waals surface area contributed by atoms with Gasteiger partial charge in [-0.1, -0.05) is 30.3 Å². The highest BCUT2D eigenvalue weighted by Crippen LogP contribution is 2.28. The van der Waals surface area contributed by atoms with Gasteiger partial charge < -0.3 is 9.64 Å². The van der Waals surface area contributed by atoms with Crippen LogP contribution >= 0.6 is 12.2 Å². The molecule has 0 bridgehead atoms. The molecule has 2 heterocycles. The number of ether oxygens (including phenoxy) is 1. The lowest BCUT2D eigenvalue weighted by Gasteiger charge is -2.36. The molecule has 1 aliphatic rings. The third-order valence-electron chi connectivity index (χ3n) is 5.23. The highest BCUT2D eigenvalue weighted by Gasteiger charge is 2.21. The molecule has 7 heteroatoms. The molecule has 4 rings (SSSR count). The summed E-state index contributed by atoms with van der Waals surface area (Å²) in [5, 5.41) is 4.70. The summed E-state index contributed by atoms with van der Waals surface area (Å²) in [6, 6.07) is 18.5. The van der Waals surface area contributed by atoms with Crippen molar-refractivity contribution in [1.29, 1.82) is 0 Å². The molecule has 1 aliphatic heterocycles. The first-order valence-corrected chi connectivity index (χ1v) is 10.5. The van der Waals surface area contributed by atoms with Crippen LogP contribution in [0.1, 0.15) is 12.7 Å². The van der Waals surface area contributed by atoms with Gasteiger partial charge in [0.15, 0.2) is 0 Å². The normalized spacial score (nSPS) is 14.9. The van der Waals surface area contributed by atoms with Crippen molar-refractivity contribution in [3.05, 3.63) is 65.2 Å². The van der Waals surface area contributed by atoms with Crippen molar-refractivity contribution in [3.8, 4) is 11.4 Å². The standard InChI is InChI=1S/C22H27N5OS/c1-3-28-21-12-8-7-11-20(21)25-15-13-24(14-16-25)17-26-22(29)27(18(2)23-26)19-9-5-4-6-10-19/h4-12H,3,13-17H2,1-2H3. The van der Waals surface area contributed by atoms with Gasteiger partial charge in [-0.25, -0.2) is 4.68 Å². The predicted octanol–water partition coefficient (Wildman–Crippen LogP) is 3.89. The van der Waals surface area contributed by atoms with Crippen molar-refractivity contribution in [2.75, 3.05) is 37.7 Å². The number of benzene rings is 2. The summed E-state index contributed by atoms with van der Waals surface area (Å²) < 4.78 is 10.5. The average molecular weight is 410 g/mol. The summed E-state index contributed by atoms with van der Waals surface area (Å²) in [5.74, 6) is 1.87. The van der Waals surface area contributed by atoms with E-state index in [4.69, 9.17) is 22.1 Å². The van der Waals surface area contributed by atoms with Gasteiger partial charge in [0, 0.05) is 31.9 Å². The minimum Gasteiger partial charge on any atom is -0.492 e. The second kappa shape index (κ2) is 8.80. The van der Waals surface area contributed by atoms with E-state index in [0.717, 1.165) is 48.2 Å². The van der Waals surface area contributed by atoms with Gasteiger partial charge in [-0.15, -0.1) is 0 Å². The molecule has 0 atom stereocenters. The first kappa shape index (κ1) is 19.7. The van der Waals surface area contributed by atoms with Crippen LogP contribution < -0.4 is 9.64 Å². The fourth-order valence-corrected chi connectivity index (χ4v) is 4.13. The number of hydrogen-bond donors (Lipinski definition) is 0. The van der Waals surface area contributed by atoms with Crippen LogP contribution in [-0.2, 0) is 6.67 Å². The van der Waals surface area contributed by atoms with E-state index < -0.39 is 0 Å². The van der Waals surface area contributed by atoms with Gasteiger partial charge in [0.05, 0.1) is 19.0 Å². The molecule has 29 heavy (non-hydrogen) atoms. The van der Waals surface area contributed by atoms with Gasteiger partial charge >= 0.3 is 0 Å². The van der Waals surface area contributed by atoms with E-state index in [1.165, 1.54) is 5.69 Å². The Balaban J connectivity index is 1.44. The Hall–Kier alpha value is -2.64. The summed E-state index contributed by atoms with van der Waals surface area (Å²) in [5.41, 5.74) is 2.23. The van der Waals surface area contributed by atoms with E-state index >= 15 is 0 Å². The van der Waals surface area contributed by atoms with Crippen molar-refractivity contribution in [2.45, 2.75) is 20.5 Å². The molecule has 1 saturated heterocycles. The Labute approximate surface area is 176 Å². The molecule has 1 fully saturated rings. The molecule has 0 saturated carbocycles. The van der Waals surface area contributed by atoms with Crippen molar-refractivity contribution in [2.24, 2.45) is 0 Å². The molecule has 3 aromatic rings. The molecular formula is C22H27N5OS. The van der Waals surface area contributed by atoms with Crippen molar-refractivity contribution >= 4 is 17.9 Å². The van der Waals surface area contributed by atoms with E-state index in [2.05, 4.69) is 34.1 Å². The third kappa shape index (κ3) is 4.21. The lowest BCUT2D eigenvalue weighted by Crippen LogP contribution is -2.47. The summed E-state index contributed by atoms with van der Waals surface area (Å²) in [6.45, 7) is 9.24. The summed E-state index contributed by atoms with van der Waals surface area (Å²) >= 11 is 5.72. The van der Waals surface area contributed by atoms with Gasteiger partial charge in [-0.2, -0.15) is 5.10 Å². The summed E-state index contributed by atoms with van der Waals surface area (Å²) in [4.78, 5) is 4.80. The van der Waals surface area contributed by atoms with Gasteiger partial charge in [0.25, 0.3) is 0 Å². The van der Waals surface area contributed by atoms with E-state index in [-0.39, 0.29) is 0 Å². The first-order valence-electron chi connectivity index (χ1n) is 10.1. The van der Waals surface area contributed by atoms with Gasteiger partial charge in [0.1, 0.15) is 11.6 Å². The average Bonchev–Trinajstić information content (AvgIpc) is 3.03. The number of piperazine rings is 1. The van der Waals surface area contributed by atoms with Gasteiger partial charge in [0.2, 0.25) is 4.77 Å². The van der Waals surface area contributed by atoms with Crippen LogP contribution in [0.5, 0.6) is 5.75 Å². The number of aromatic nitrogens is 3. The number of anilines is 1. The Morgan fingerprint density at radius 2 is 1.66 bits per heavy atom. The molecule has 0 spiro atoms. The molecule has 0 radical (unpaired) electrons. The summed E-state index contributed by atoms with van der Waals surface area (Å²) in [7, 11) is 0. The van der Waals surface area contributed by atoms with Crippen LogP contribution in [-0.4, -0.2) is 52.0 Å². The van der Waals surface area contributed by atoms with E-state index in [0.29, 0.717) is 13.3 Å². The molecule has 152 valence electrons. The second-order valence-electron chi connectivity index (χ2n) is 7.15. The van der Waals surface area contributed by atoms with Crippen molar-refractivity contribution < 1.29 is 4.74 Å². The SMILES string of the molecule is CCOc1ccccc1N1CCN(Cn2nc(C)n(-c3ccccc3)c2=S)CC1. The maximum atomic E-state index is 5.80. The number of rotatable bonds is 6. The van der Waals surface area contributed by atoms with Crippen LogP contribution in [0.25, 0.3) is 5.69 Å². The fraction of sp³-hybridized carbons (Fsp3) is 0.364. The predicted molar refractivity (Wildman–Crippen MR) is 119 cm³/mol. The molecule has 1 aromatic heterocycles. The molecule has 2 aromatic carbocycles. The Morgan fingerprint density at radius 1 is 0.966 bits per heavy atom. The zero-order chi connectivity index (χ0) is 20.2. The number of para-hydroxylation sites is 3. The fourth-order valence-electron chi connectivity index (χ4n) is 3.80.